The van der Waals surface area contributed by atoms with Crippen molar-refractivity contribution >= 4 is 11.5 Å². The normalized spacial score (nSPS) is 19.7. The van der Waals surface area contributed by atoms with Crippen molar-refractivity contribution < 1.29 is 4.74 Å². The van der Waals surface area contributed by atoms with Crippen LogP contribution in [0.3, 0.4) is 0 Å². The first-order valence-corrected chi connectivity index (χ1v) is 7.20. The summed E-state index contributed by atoms with van der Waals surface area (Å²) in [6, 6.07) is 4.41. The Labute approximate surface area is 116 Å². The lowest BCUT2D eigenvalue weighted by atomic mass is 10.1. The molecule has 5 nitrogen and oxygen atoms in total. The maximum atomic E-state index is 5.15. The van der Waals surface area contributed by atoms with Crippen LogP contribution >= 0.6 is 11.5 Å². The van der Waals surface area contributed by atoms with Crippen LogP contribution in [0.2, 0.25) is 0 Å². The van der Waals surface area contributed by atoms with Gasteiger partial charge in [0.1, 0.15) is 5.75 Å². The minimum Gasteiger partial charge on any atom is -0.495 e. The highest BCUT2D eigenvalue weighted by molar-refractivity contribution is 7.03. The molecule has 6 heteroatoms. The lowest BCUT2D eigenvalue weighted by Crippen LogP contribution is -2.23. The summed E-state index contributed by atoms with van der Waals surface area (Å²) in [7, 11) is 1.66. The predicted octanol–water partition coefficient (Wildman–Crippen LogP) is 2.28. The largest absolute Gasteiger partial charge is 0.495 e. The number of aromatic nitrogens is 3. The van der Waals surface area contributed by atoms with Gasteiger partial charge in [-0.25, -0.2) is 0 Å². The molecule has 0 bridgehead atoms. The molecule has 0 aromatic carbocycles. The van der Waals surface area contributed by atoms with Crippen LogP contribution in [0.25, 0.3) is 0 Å². The number of methoxy groups -OCH3 is 1. The van der Waals surface area contributed by atoms with Gasteiger partial charge in [0.2, 0.25) is 0 Å². The first-order valence-electron chi connectivity index (χ1n) is 6.37. The van der Waals surface area contributed by atoms with Crippen molar-refractivity contribution in [1.82, 2.24) is 19.5 Å². The Kier molecular flexibility index (Phi) is 3.70. The molecule has 3 heterocycles. The Morgan fingerprint density at radius 1 is 1.47 bits per heavy atom. The minimum absolute atomic E-state index is 0.382. The minimum atomic E-state index is 0.382. The summed E-state index contributed by atoms with van der Waals surface area (Å²) in [5.41, 5.74) is 2.16. The van der Waals surface area contributed by atoms with Gasteiger partial charge in [0.25, 0.3) is 0 Å². The molecule has 19 heavy (non-hydrogen) atoms. The number of ether oxygens (including phenoxy) is 1. The highest BCUT2D eigenvalue weighted by Gasteiger charge is 2.27. The van der Waals surface area contributed by atoms with Crippen LogP contribution in [-0.4, -0.2) is 33.1 Å². The maximum Gasteiger partial charge on any atom is 0.137 e. The number of rotatable bonds is 4. The van der Waals surface area contributed by atoms with Crippen molar-refractivity contribution in [3.8, 4) is 5.75 Å². The second kappa shape index (κ2) is 5.63. The fourth-order valence-corrected chi connectivity index (χ4v) is 2.96. The van der Waals surface area contributed by atoms with E-state index in [9.17, 15) is 0 Å². The first-order chi connectivity index (χ1) is 9.36. The quantitative estimate of drug-likeness (QED) is 0.857. The van der Waals surface area contributed by atoms with Crippen LogP contribution in [0.4, 0.5) is 0 Å². The molecule has 0 amide bonds. The summed E-state index contributed by atoms with van der Waals surface area (Å²) in [5, 5.41) is 6.13. The second-order valence-corrected chi connectivity index (χ2v) is 5.26. The monoisotopic (exact) mass is 276 g/mol. The van der Waals surface area contributed by atoms with E-state index in [0.717, 1.165) is 36.6 Å². The average molecular weight is 276 g/mol. The second-order valence-electron chi connectivity index (χ2n) is 4.65. The molecule has 1 unspecified atom stereocenters. The fourth-order valence-electron chi connectivity index (χ4n) is 2.52. The smallest absolute Gasteiger partial charge is 0.137 e. The lowest BCUT2D eigenvalue weighted by molar-refractivity contribution is 0.241. The van der Waals surface area contributed by atoms with Crippen molar-refractivity contribution in [3.63, 3.8) is 0 Å². The number of hydrogen-bond donors (Lipinski definition) is 0. The van der Waals surface area contributed by atoms with E-state index in [1.165, 1.54) is 18.0 Å². The van der Waals surface area contributed by atoms with Crippen molar-refractivity contribution in [2.75, 3.05) is 13.7 Å². The summed E-state index contributed by atoms with van der Waals surface area (Å²) < 4.78 is 9.07. The van der Waals surface area contributed by atoms with Crippen molar-refractivity contribution in [1.29, 1.82) is 0 Å². The Morgan fingerprint density at radius 3 is 3.11 bits per heavy atom. The van der Waals surface area contributed by atoms with E-state index in [1.54, 1.807) is 13.3 Å². The van der Waals surface area contributed by atoms with E-state index in [4.69, 9.17) is 4.74 Å². The Morgan fingerprint density at radius 2 is 2.42 bits per heavy atom. The van der Waals surface area contributed by atoms with Gasteiger partial charge < -0.3 is 4.74 Å². The van der Waals surface area contributed by atoms with Gasteiger partial charge in [0.05, 0.1) is 30.7 Å². The van der Waals surface area contributed by atoms with Crippen molar-refractivity contribution in [2.45, 2.75) is 25.4 Å². The van der Waals surface area contributed by atoms with E-state index in [1.807, 2.05) is 11.4 Å². The molecule has 1 aliphatic rings. The number of likely N-dealkylation sites (tertiary alicyclic amines) is 1. The molecule has 3 rings (SSSR count). The molecule has 2 aromatic rings. The number of pyridine rings is 1. The molecule has 2 aromatic heterocycles. The van der Waals surface area contributed by atoms with Gasteiger partial charge in [-0.1, -0.05) is 4.49 Å². The third kappa shape index (κ3) is 2.74. The zero-order valence-corrected chi connectivity index (χ0v) is 11.6. The lowest BCUT2D eigenvalue weighted by Gasteiger charge is -2.22. The summed E-state index contributed by atoms with van der Waals surface area (Å²) in [4.78, 5) is 6.93. The van der Waals surface area contributed by atoms with Crippen LogP contribution < -0.4 is 4.74 Å². The molecule has 0 saturated carbocycles. The van der Waals surface area contributed by atoms with E-state index in [-0.39, 0.29) is 0 Å². The molecular weight excluding hydrogens is 260 g/mol. The van der Waals surface area contributed by atoms with Crippen LogP contribution in [-0.2, 0) is 6.54 Å². The highest BCUT2D eigenvalue weighted by Crippen LogP contribution is 2.32. The third-order valence-electron chi connectivity index (χ3n) is 3.47. The van der Waals surface area contributed by atoms with Gasteiger partial charge in [0, 0.05) is 11.9 Å². The van der Waals surface area contributed by atoms with Gasteiger partial charge in [-0.05, 0) is 43.1 Å². The maximum absolute atomic E-state index is 5.15. The first kappa shape index (κ1) is 12.5. The summed E-state index contributed by atoms with van der Waals surface area (Å²) in [6.45, 7) is 1.95. The average Bonchev–Trinajstić information content (AvgIpc) is 3.11. The van der Waals surface area contributed by atoms with Gasteiger partial charge in [-0.15, -0.1) is 5.10 Å². The molecule has 0 spiro atoms. The van der Waals surface area contributed by atoms with Gasteiger partial charge >= 0.3 is 0 Å². The topological polar surface area (TPSA) is 51.1 Å². The molecule has 1 atom stereocenters. The van der Waals surface area contributed by atoms with Crippen LogP contribution in [0, 0.1) is 0 Å². The van der Waals surface area contributed by atoms with Gasteiger partial charge in [0.15, 0.2) is 0 Å². The van der Waals surface area contributed by atoms with E-state index >= 15 is 0 Å². The van der Waals surface area contributed by atoms with Crippen molar-refractivity contribution in [2.24, 2.45) is 0 Å². The molecule has 1 aliphatic heterocycles. The van der Waals surface area contributed by atoms with E-state index in [2.05, 4.69) is 25.5 Å². The van der Waals surface area contributed by atoms with Crippen LogP contribution in [0.1, 0.15) is 30.3 Å². The molecule has 100 valence electrons. The third-order valence-corrected chi connectivity index (χ3v) is 4.02. The SMILES string of the molecule is COc1ccc(C2CCCN2Cc2csnn2)nc1. The van der Waals surface area contributed by atoms with Crippen LogP contribution in [0.15, 0.2) is 23.7 Å². The van der Waals surface area contributed by atoms with Crippen LogP contribution in [0.5, 0.6) is 5.75 Å². The molecule has 0 N–H and O–H groups in total. The standard InChI is InChI=1S/C13H16N4OS/c1-18-11-4-5-12(14-7-11)13-3-2-6-17(13)8-10-9-19-16-15-10/h4-5,7,9,13H,2-3,6,8H2,1H3. The molecule has 1 fully saturated rings. The number of hydrogen-bond acceptors (Lipinski definition) is 6. The molecule has 0 radical (unpaired) electrons. The zero-order valence-electron chi connectivity index (χ0n) is 10.8. The fraction of sp³-hybridized carbons (Fsp3) is 0.462. The van der Waals surface area contributed by atoms with Gasteiger partial charge in [-0.2, -0.15) is 0 Å². The summed E-state index contributed by atoms with van der Waals surface area (Å²) in [6.07, 6.45) is 4.14. The number of nitrogens with zero attached hydrogens (tertiary/aromatic N) is 4. The van der Waals surface area contributed by atoms with Crippen molar-refractivity contribution in [3.05, 3.63) is 35.1 Å². The van der Waals surface area contributed by atoms with E-state index < -0.39 is 0 Å². The summed E-state index contributed by atoms with van der Waals surface area (Å²) in [5.74, 6) is 0.803. The molecule has 0 aliphatic carbocycles. The van der Waals surface area contributed by atoms with Gasteiger partial charge in [-0.3, -0.25) is 9.88 Å². The van der Waals surface area contributed by atoms with E-state index in [0.29, 0.717) is 6.04 Å². The Bertz CT molecular complexity index is 514. The predicted molar refractivity (Wildman–Crippen MR) is 73.1 cm³/mol. The molecular formula is C13H16N4OS. The molecule has 1 saturated heterocycles. The zero-order chi connectivity index (χ0) is 13.1. The highest BCUT2D eigenvalue weighted by atomic mass is 32.1. The summed E-state index contributed by atoms with van der Waals surface area (Å²) >= 11 is 1.40. The Hall–Kier alpha value is -1.53. The Balaban J connectivity index is 1.74.